The molecular formula is C20H20N6. The molecule has 0 spiro atoms. The van der Waals surface area contributed by atoms with Crippen molar-refractivity contribution in [3.63, 3.8) is 0 Å². The Labute approximate surface area is 151 Å². The fourth-order valence-electron chi connectivity index (χ4n) is 3.75. The van der Waals surface area contributed by atoms with Crippen LogP contribution in [0.4, 0.5) is 17.2 Å². The number of anilines is 3. The first-order valence-corrected chi connectivity index (χ1v) is 9.03. The molecule has 2 aromatic carbocycles. The lowest BCUT2D eigenvalue weighted by molar-refractivity contribution is 0.949. The highest BCUT2D eigenvalue weighted by Crippen LogP contribution is 2.32. The second-order valence-electron chi connectivity index (χ2n) is 6.69. The SMILES string of the molecule is Cc1nnc2c(Nc3ccccc3N3CCCC3)nc3ccccc3n12. The number of aryl methyl sites for hydroxylation is 1. The van der Waals surface area contributed by atoms with Gasteiger partial charge in [-0.2, -0.15) is 0 Å². The molecule has 0 aliphatic carbocycles. The van der Waals surface area contributed by atoms with E-state index >= 15 is 0 Å². The highest BCUT2D eigenvalue weighted by Gasteiger charge is 2.18. The Morgan fingerprint density at radius 1 is 0.923 bits per heavy atom. The van der Waals surface area contributed by atoms with Crippen LogP contribution in [0.1, 0.15) is 18.7 Å². The standard InChI is InChI=1S/C20H20N6/c1-14-23-24-20-19(22-16-9-3-5-11-18(16)26(14)20)21-15-8-2-4-10-17(15)25-12-6-7-13-25/h2-5,8-11H,6-7,12-13H2,1H3,(H,21,22). The van der Waals surface area contributed by atoms with Gasteiger partial charge >= 0.3 is 0 Å². The number of benzene rings is 2. The Kier molecular flexibility index (Phi) is 3.48. The molecule has 0 amide bonds. The van der Waals surface area contributed by atoms with Gasteiger partial charge < -0.3 is 10.2 Å². The lowest BCUT2D eigenvalue weighted by Crippen LogP contribution is -2.18. The van der Waals surface area contributed by atoms with E-state index in [1.165, 1.54) is 18.5 Å². The average molecular weight is 344 g/mol. The third-order valence-corrected chi connectivity index (χ3v) is 5.00. The van der Waals surface area contributed by atoms with E-state index in [9.17, 15) is 0 Å². The number of hydrogen-bond donors (Lipinski definition) is 1. The van der Waals surface area contributed by atoms with E-state index < -0.39 is 0 Å². The first-order valence-electron chi connectivity index (χ1n) is 9.03. The van der Waals surface area contributed by atoms with Crippen LogP contribution in [0, 0.1) is 6.92 Å². The summed E-state index contributed by atoms with van der Waals surface area (Å²) in [5.41, 5.74) is 4.96. The van der Waals surface area contributed by atoms with Crippen molar-refractivity contribution >= 4 is 33.9 Å². The molecule has 130 valence electrons. The molecule has 6 nitrogen and oxygen atoms in total. The molecule has 26 heavy (non-hydrogen) atoms. The van der Waals surface area contributed by atoms with Crippen molar-refractivity contribution in [2.45, 2.75) is 19.8 Å². The minimum absolute atomic E-state index is 0.732. The third kappa shape index (κ3) is 2.37. The maximum absolute atomic E-state index is 4.83. The van der Waals surface area contributed by atoms with Gasteiger partial charge in [-0.25, -0.2) is 4.98 Å². The Morgan fingerprint density at radius 3 is 2.58 bits per heavy atom. The number of hydrogen-bond acceptors (Lipinski definition) is 5. The van der Waals surface area contributed by atoms with Crippen molar-refractivity contribution < 1.29 is 0 Å². The van der Waals surface area contributed by atoms with Gasteiger partial charge in [-0.3, -0.25) is 4.40 Å². The van der Waals surface area contributed by atoms with Crippen LogP contribution < -0.4 is 10.2 Å². The predicted octanol–water partition coefficient (Wildman–Crippen LogP) is 3.93. The Bertz CT molecular complexity index is 1090. The fraction of sp³-hybridized carbons (Fsp3) is 0.250. The van der Waals surface area contributed by atoms with Crippen LogP contribution >= 0.6 is 0 Å². The highest BCUT2D eigenvalue weighted by atomic mass is 15.3. The van der Waals surface area contributed by atoms with Crippen LogP contribution in [0.25, 0.3) is 16.7 Å². The summed E-state index contributed by atoms with van der Waals surface area (Å²) in [5.74, 6) is 1.59. The Balaban J connectivity index is 1.66. The summed E-state index contributed by atoms with van der Waals surface area (Å²) >= 11 is 0. The topological polar surface area (TPSA) is 58.4 Å². The summed E-state index contributed by atoms with van der Waals surface area (Å²) in [6.45, 7) is 4.17. The Morgan fingerprint density at radius 2 is 1.69 bits per heavy atom. The fourth-order valence-corrected chi connectivity index (χ4v) is 3.75. The molecular weight excluding hydrogens is 324 g/mol. The van der Waals surface area contributed by atoms with Crippen molar-refractivity contribution in [2.24, 2.45) is 0 Å². The van der Waals surface area contributed by atoms with Crippen LogP contribution in [0.15, 0.2) is 48.5 Å². The molecule has 0 atom stereocenters. The summed E-state index contributed by atoms with van der Waals surface area (Å²) < 4.78 is 2.06. The van der Waals surface area contributed by atoms with E-state index in [0.717, 1.165) is 47.1 Å². The molecule has 0 unspecified atom stereocenters. The molecule has 2 aromatic heterocycles. The van der Waals surface area contributed by atoms with Crippen molar-refractivity contribution in [3.05, 3.63) is 54.4 Å². The molecule has 3 heterocycles. The zero-order chi connectivity index (χ0) is 17.5. The average Bonchev–Trinajstić information content (AvgIpc) is 3.33. The van der Waals surface area contributed by atoms with Crippen molar-refractivity contribution in [3.8, 4) is 0 Å². The van der Waals surface area contributed by atoms with Gasteiger partial charge in [0, 0.05) is 13.1 Å². The van der Waals surface area contributed by atoms with Crippen molar-refractivity contribution in [1.82, 2.24) is 19.6 Å². The van der Waals surface area contributed by atoms with Crippen LogP contribution in [-0.2, 0) is 0 Å². The summed E-state index contributed by atoms with van der Waals surface area (Å²) in [6.07, 6.45) is 2.49. The molecule has 1 N–H and O–H groups in total. The monoisotopic (exact) mass is 344 g/mol. The number of nitrogens with zero attached hydrogens (tertiary/aromatic N) is 5. The van der Waals surface area contributed by atoms with Crippen LogP contribution in [0.2, 0.25) is 0 Å². The maximum atomic E-state index is 4.83. The lowest BCUT2D eigenvalue weighted by Gasteiger charge is -2.22. The highest BCUT2D eigenvalue weighted by molar-refractivity contribution is 5.86. The molecule has 4 aromatic rings. The summed E-state index contributed by atoms with van der Waals surface area (Å²) in [6, 6.07) is 16.5. The predicted molar refractivity (Wildman–Crippen MR) is 104 cm³/mol. The normalized spacial score (nSPS) is 14.4. The van der Waals surface area contributed by atoms with E-state index in [2.05, 4.69) is 49.1 Å². The quantitative estimate of drug-likeness (QED) is 0.610. The zero-order valence-corrected chi connectivity index (χ0v) is 14.7. The first kappa shape index (κ1) is 15.1. The summed E-state index contributed by atoms with van der Waals surface area (Å²) in [5, 5.41) is 12.2. The van der Waals surface area contributed by atoms with Crippen LogP contribution in [0.3, 0.4) is 0 Å². The third-order valence-electron chi connectivity index (χ3n) is 5.00. The van der Waals surface area contributed by atoms with Gasteiger partial charge in [-0.15, -0.1) is 10.2 Å². The van der Waals surface area contributed by atoms with E-state index in [0.29, 0.717) is 0 Å². The number of rotatable bonds is 3. The van der Waals surface area contributed by atoms with Gasteiger partial charge in [0.25, 0.3) is 0 Å². The van der Waals surface area contributed by atoms with Crippen molar-refractivity contribution in [2.75, 3.05) is 23.3 Å². The minimum Gasteiger partial charge on any atom is -0.370 e. The number of para-hydroxylation sites is 4. The summed E-state index contributed by atoms with van der Waals surface area (Å²) in [7, 11) is 0. The second-order valence-corrected chi connectivity index (χ2v) is 6.69. The molecule has 1 aliphatic heterocycles. The van der Waals surface area contributed by atoms with Crippen LogP contribution in [0.5, 0.6) is 0 Å². The molecule has 0 bridgehead atoms. The molecule has 0 saturated carbocycles. The molecule has 1 fully saturated rings. The lowest BCUT2D eigenvalue weighted by atomic mass is 10.2. The largest absolute Gasteiger partial charge is 0.370 e. The first-order chi connectivity index (χ1) is 12.8. The molecule has 5 rings (SSSR count). The number of nitrogens with one attached hydrogen (secondary N) is 1. The van der Waals surface area contributed by atoms with Gasteiger partial charge in [-0.1, -0.05) is 24.3 Å². The van der Waals surface area contributed by atoms with Crippen LogP contribution in [-0.4, -0.2) is 32.7 Å². The van der Waals surface area contributed by atoms with Crippen molar-refractivity contribution in [1.29, 1.82) is 0 Å². The van der Waals surface area contributed by atoms with Gasteiger partial charge in [0.1, 0.15) is 5.82 Å². The van der Waals surface area contributed by atoms with E-state index in [-0.39, 0.29) is 0 Å². The van der Waals surface area contributed by atoms with Gasteiger partial charge in [0.15, 0.2) is 5.82 Å². The van der Waals surface area contributed by atoms with Gasteiger partial charge in [0.05, 0.1) is 22.4 Å². The van der Waals surface area contributed by atoms with Gasteiger partial charge in [-0.05, 0) is 44.0 Å². The zero-order valence-electron chi connectivity index (χ0n) is 14.7. The number of aromatic nitrogens is 4. The minimum atomic E-state index is 0.732. The number of fused-ring (bicyclic) bond motifs is 3. The smallest absolute Gasteiger partial charge is 0.204 e. The van der Waals surface area contributed by atoms with E-state index in [1.54, 1.807) is 0 Å². The maximum Gasteiger partial charge on any atom is 0.204 e. The second kappa shape index (κ2) is 5.98. The Hall–Kier alpha value is -3.15. The van der Waals surface area contributed by atoms with E-state index in [1.807, 2.05) is 31.2 Å². The molecule has 1 saturated heterocycles. The van der Waals surface area contributed by atoms with Gasteiger partial charge in [0.2, 0.25) is 5.65 Å². The molecule has 0 radical (unpaired) electrons. The van der Waals surface area contributed by atoms with E-state index in [4.69, 9.17) is 4.98 Å². The molecule has 6 heteroatoms. The summed E-state index contributed by atoms with van der Waals surface area (Å²) in [4.78, 5) is 7.25. The molecule has 1 aliphatic rings.